The molecule has 0 saturated carbocycles. The van der Waals surface area contributed by atoms with Gasteiger partial charge in [-0.3, -0.25) is 9.78 Å². The third-order valence-corrected chi connectivity index (χ3v) is 3.28. The van der Waals surface area contributed by atoms with E-state index >= 15 is 0 Å². The number of carbonyl (C=O) groups excluding carboxylic acids is 1. The SMILES string of the molecule is CC1(O)CCCN(C(=O)c2cncc(C#CCN)c2)C1. The van der Waals surface area contributed by atoms with Crippen LogP contribution < -0.4 is 5.73 Å². The highest BCUT2D eigenvalue weighted by atomic mass is 16.3. The molecule has 0 aromatic carbocycles. The maximum Gasteiger partial charge on any atom is 0.255 e. The summed E-state index contributed by atoms with van der Waals surface area (Å²) in [4.78, 5) is 18.1. The molecule has 20 heavy (non-hydrogen) atoms. The highest BCUT2D eigenvalue weighted by molar-refractivity contribution is 5.94. The molecule has 0 aliphatic carbocycles. The average Bonchev–Trinajstić information content (AvgIpc) is 2.43. The fourth-order valence-electron chi connectivity index (χ4n) is 2.35. The molecule has 1 aliphatic rings. The number of likely N-dealkylation sites (tertiary alicyclic amines) is 1. The molecule has 2 heterocycles. The van der Waals surface area contributed by atoms with Crippen LogP contribution in [0.1, 0.15) is 35.7 Å². The number of nitrogens with zero attached hydrogens (tertiary/aromatic N) is 2. The van der Waals surface area contributed by atoms with Crippen molar-refractivity contribution in [3.8, 4) is 11.8 Å². The molecule has 5 nitrogen and oxygen atoms in total. The molecule has 0 radical (unpaired) electrons. The first-order chi connectivity index (χ1) is 9.52. The van der Waals surface area contributed by atoms with E-state index in [-0.39, 0.29) is 12.5 Å². The molecule has 1 aromatic rings. The Hall–Kier alpha value is -1.90. The Labute approximate surface area is 118 Å². The summed E-state index contributed by atoms with van der Waals surface area (Å²) in [6.45, 7) is 3.04. The molecular formula is C15H19N3O2. The van der Waals surface area contributed by atoms with Crippen LogP contribution in [0.2, 0.25) is 0 Å². The molecule has 106 valence electrons. The number of pyridine rings is 1. The summed E-state index contributed by atoms with van der Waals surface area (Å²) < 4.78 is 0. The van der Waals surface area contributed by atoms with Gasteiger partial charge in [0.15, 0.2) is 0 Å². The number of nitrogens with two attached hydrogens (primary N) is 1. The smallest absolute Gasteiger partial charge is 0.255 e. The normalized spacial score (nSPS) is 22.1. The fourth-order valence-corrected chi connectivity index (χ4v) is 2.35. The van der Waals surface area contributed by atoms with E-state index in [1.165, 1.54) is 6.20 Å². The van der Waals surface area contributed by atoms with Crippen LogP contribution in [0.5, 0.6) is 0 Å². The summed E-state index contributed by atoms with van der Waals surface area (Å²) in [7, 11) is 0. The van der Waals surface area contributed by atoms with Gasteiger partial charge in [0.25, 0.3) is 5.91 Å². The molecule has 1 atom stereocenters. The minimum absolute atomic E-state index is 0.117. The quantitative estimate of drug-likeness (QED) is 0.725. The van der Waals surface area contributed by atoms with E-state index < -0.39 is 5.60 Å². The van der Waals surface area contributed by atoms with Crippen molar-refractivity contribution in [2.75, 3.05) is 19.6 Å². The van der Waals surface area contributed by atoms with Gasteiger partial charge in [-0.05, 0) is 25.8 Å². The van der Waals surface area contributed by atoms with Gasteiger partial charge >= 0.3 is 0 Å². The van der Waals surface area contributed by atoms with Crippen molar-refractivity contribution >= 4 is 5.91 Å². The minimum Gasteiger partial charge on any atom is -0.388 e. The summed E-state index contributed by atoms with van der Waals surface area (Å²) in [5, 5.41) is 10.1. The Morgan fingerprint density at radius 3 is 3.10 bits per heavy atom. The summed E-state index contributed by atoms with van der Waals surface area (Å²) in [5.74, 6) is 5.48. The predicted molar refractivity (Wildman–Crippen MR) is 75.9 cm³/mol. The van der Waals surface area contributed by atoms with Crippen LogP contribution in [0.4, 0.5) is 0 Å². The van der Waals surface area contributed by atoms with Crippen LogP contribution in [0, 0.1) is 11.8 Å². The molecule has 0 bridgehead atoms. The van der Waals surface area contributed by atoms with Crippen LogP contribution in [0.15, 0.2) is 18.5 Å². The monoisotopic (exact) mass is 273 g/mol. The molecule has 1 fully saturated rings. The van der Waals surface area contributed by atoms with Crippen molar-refractivity contribution in [2.45, 2.75) is 25.4 Å². The number of β-amino-alcohol motifs (C(OH)–C–C–N with tert-alkyl or cyclic N) is 1. The first kappa shape index (κ1) is 14.5. The first-order valence-electron chi connectivity index (χ1n) is 6.67. The number of piperidine rings is 1. The Morgan fingerprint density at radius 1 is 1.60 bits per heavy atom. The van der Waals surface area contributed by atoms with Gasteiger partial charge in [-0.25, -0.2) is 0 Å². The number of aliphatic hydroxyl groups is 1. The van der Waals surface area contributed by atoms with E-state index in [0.717, 1.165) is 12.8 Å². The van der Waals surface area contributed by atoms with E-state index in [4.69, 9.17) is 5.73 Å². The highest BCUT2D eigenvalue weighted by Crippen LogP contribution is 2.21. The standard InChI is InChI=1S/C15H19N3O2/c1-15(20)5-3-7-18(11-15)14(19)13-8-12(4-2-6-16)9-17-10-13/h8-10,20H,3,5-7,11,16H2,1H3. The molecule has 2 rings (SSSR count). The number of rotatable bonds is 1. The lowest BCUT2D eigenvalue weighted by Gasteiger charge is -2.36. The maximum atomic E-state index is 12.4. The Bertz CT molecular complexity index is 558. The third-order valence-electron chi connectivity index (χ3n) is 3.28. The van der Waals surface area contributed by atoms with Gasteiger partial charge in [0.2, 0.25) is 0 Å². The zero-order valence-corrected chi connectivity index (χ0v) is 11.6. The molecule has 5 heteroatoms. The van der Waals surface area contributed by atoms with Crippen molar-refractivity contribution in [3.05, 3.63) is 29.6 Å². The Balaban J connectivity index is 2.16. The summed E-state index contributed by atoms with van der Waals surface area (Å²) in [6.07, 6.45) is 4.65. The van der Waals surface area contributed by atoms with Crippen molar-refractivity contribution in [3.63, 3.8) is 0 Å². The highest BCUT2D eigenvalue weighted by Gasteiger charge is 2.31. The van der Waals surface area contributed by atoms with Gasteiger partial charge in [0, 0.05) is 31.0 Å². The molecule has 1 amide bonds. The number of hydrogen-bond donors (Lipinski definition) is 2. The van der Waals surface area contributed by atoms with Gasteiger partial charge in [-0.1, -0.05) is 11.8 Å². The Morgan fingerprint density at radius 2 is 2.40 bits per heavy atom. The second-order valence-corrected chi connectivity index (χ2v) is 5.30. The molecule has 1 unspecified atom stereocenters. The largest absolute Gasteiger partial charge is 0.388 e. The number of carbonyl (C=O) groups is 1. The molecule has 3 N–H and O–H groups in total. The van der Waals surface area contributed by atoms with Gasteiger partial charge in [-0.15, -0.1) is 0 Å². The molecule has 1 aliphatic heterocycles. The average molecular weight is 273 g/mol. The van der Waals surface area contributed by atoms with Crippen LogP contribution in [0.3, 0.4) is 0 Å². The Kier molecular flexibility index (Phi) is 4.38. The number of amides is 1. The zero-order valence-electron chi connectivity index (χ0n) is 11.6. The summed E-state index contributed by atoms with van der Waals surface area (Å²) >= 11 is 0. The van der Waals surface area contributed by atoms with Crippen LogP contribution in [0.25, 0.3) is 0 Å². The molecular weight excluding hydrogens is 254 g/mol. The lowest BCUT2D eigenvalue weighted by molar-refractivity contribution is -0.0107. The van der Waals surface area contributed by atoms with Crippen molar-refractivity contribution in [1.82, 2.24) is 9.88 Å². The van der Waals surface area contributed by atoms with E-state index in [0.29, 0.717) is 24.2 Å². The fraction of sp³-hybridized carbons (Fsp3) is 0.467. The van der Waals surface area contributed by atoms with Crippen LogP contribution in [-0.4, -0.2) is 46.1 Å². The maximum absolute atomic E-state index is 12.4. The van der Waals surface area contributed by atoms with E-state index in [2.05, 4.69) is 16.8 Å². The van der Waals surface area contributed by atoms with Crippen LogP contribution >= 0.6 is 0 Å². The lowest BCUT2D eigenvalue weighted by atomic mass is 9.95. The van der Waals surface area contributed by atoms with Gasteiger partial charge in [0.1, 0.15) is 0 Å². The number of aromatic nitrogens is 1. The molecule has 1 aromatic heterocycles. The first-order valence-corrected chi connectivity index (χ1v) is 6.67. The number of hydrogen-bond acceptors (Lipinski definition) is 4. The third kappa shape index (κ3) is 3.56. The second kappa shape index (κ2) is 6.04. The zero-order chi connectivity index (χ0) is 14.6. The van der Waals surface area contributed by atoms with Crippen molar-refractivity contribution < 1.29 is 9.90 Å². The topological polar surface area (TPSA) is 79.5 Å². The van der Waals surface area contributed by atoms with E-state index in [9.17, 15) is 9.90 Å². The second-order valence-electron chi connectivity index (χ2n) is 5.30. The minimum atomic E-state index is -0.807. The van der Waals surface area contributed by atoms with E-state index in [1.54, 1.807) is 24.1 Å². The molecule has 1 saturated heterocycles. The van der Waals surface area contributed by atoms with E-state index in [1.807, 2.05) is 0 Å². The lowest BCUT2D eigenvalue weighted by Crippen LogP contribution is -2.48. The van der Waals surface area contributed by atoms with Crippen molar-refractivity contribution in [1.29, 1.82) is 0 Å². The van der Waals surface area contributed by atoms with Gasteiger partial charge in [0.05, 0.1) is 17.7 Å². The summed E-state index contributed by atoms with van der Waals surface area (Å²) in [5.41, 5.74) is 5.68. The van der Waals surface area contributed by atoms with Crippen LogP contribution in [-0.2, 0) is 0 Å². The summed E-state index contributed by atoms with van der Waals surface area (Å²) in [6, 6.07) is 1.71. The predicted octanol–water partition coefficient (Wildman–Crippen LogP) is 0.379. The van der Waals surface area contributed by atoms with Crippen molar-refractivity contribution in [2.24, 2.45) is 5.73 Å². The van der Waals surface area contributed by atoms with Gasteiger partial charge in [-0.2, -0.15) is 0 Å². The molecule has 0 spiro atoms. The van der Waals surface area contributed by atoms with Gasteiger partial charge < -0.3 is 15.7 Å².